The highest BCUT2D eigenvalue weighted by Gasteiger charge is 2.07. The van der Waals surface area contributed by atoms with Gasteiger partial charge in [0, 0.05) is 5.56 Å². The average molecular weight is 287 g/mol. The van der Waals surface area contributed by atoms with Crippen molar-refractivity contribution in [1.29, 1.82) is 0 Å². The number of amides is 2. The van der Waals surface area contributed by atoms with Crippen molar-refractivity contribution in [3.05, 3.63) is 53.8 Å². The molecule has 2 aromatic carbocycles. The topological polar surface area (TPSA) is 76.7 Å². The van der Waals surface area contributed by atoms with E-state index in [1.165, 1.54) is 25.5 Å². The molecule has 0 bridgehead atoms. The zero-order valence-electron chi connectivity index (χ0n) is 11.3. The number of hydrazone groups is 1. The first-order valence-corrected chi connectivity index (χ1v) is 6.12. The van der Waals surface area contributed by atoms with E-state index in [2.05, 4.69) is 10.5 Å². The van der Waals surface area contributed by atoms with Gasteiger partial charge in [0.2, 0.25) is 0 Å². The molecule has 0 saturated heterocycles. The first-order chi connectivity index (χ1) is 10.1. The Labute approximate surface area is 121 Å². The van der Waals surface area contributed by atoms with Gasteiger partial charge in [-0.05, 0) is 35.4 Å². The lowest BCUT2D eigenvalue weighted by atomic mass is 10.0. The zero-order valence-corrected chi connectivity index (χ0v) is 11.3. The maximum atomic E-state index is 13.4. The number of urea groups is 1. The number of benzene rings is 2. The number of rotatable bonds is 4. The van der Waals surface area contributed by atoms with Crippen LogP contribution in [0, 0.1) is 5.82 Å². The van der Waals surface area contributed by atoms with Gasteiger partial charge in [0.15, 0.2) is 0 Å². The first-order valence-electron chi connectivity index (χ1n) is 6.12. The molecule has 0 aromatic heterocycles. The summed E-state index contributed by atoms with van der Waals surface area (Å²) in [5.41, 5.74) is 9.16. The lowest BCUT2D eigenvalue weighted by molar-refractivity contribution is 0.249. The minimum atomic E-state index is -0.741. The van der Waals surface area contributed by atoms with Crippen LogP contribution in [0.5, 0.6) is 5.75 Å². The van der Waals surface area contributed by atoms with Crippen LogP contribution in [0.1, 0.15) is 5.56 Å². The van der Waals surface area contributed by atoms with Crippen LogP contribution in [0.3, 0.4) is 0 Å². The Morgan fingerprint density at radius 2 is 2.14 bits per heavy atom. The zero-order chi connectivity index (χ0) is 15.2. The SMILES string of the molecule is COc1ccc(F)cc1-c1cccc(C=NNC(N)=O)c1. The van der Waals surface area contributed by atoms with Gasteiger partial charge >= 0.3 is 6.03 Å². The van der Waals surface area contributed by atoms with Crippen molar-refractivity contribution in [2.75, 3.05) is 7.11 Å². The van der Waals surface area contributed by atoms with Crippen LogP contribution in [0.15, 0.2) is 47.6 Å². The van der Waals surface area contributed by atoms with Crippen molar-refractivity contribution in [2.24, 2.45) is 10.8 Å². The van der Waals surface area contributed by atoms with Crippen LogP contribution in [-0.4, -0.2) is 19.4 Å². The van der Waals surface area contributed by atoms with Crippen molar-refractivity contribution < 1.29 is 13.9 Å². The summed E-state index contributed by atoms with van der Waals surface area (Å²) < 4.78 is 18.7. The Bertz CT molecular complexity index is 686. The van der Waals surface area contributed by atoms with E-state index in [9.17, 15) is 9.18 Å². The largest absolute Gasteiger partial charge is 0.496 e. The lowest BCUT2D eigenvalue weighted by Gasteiger charge is -2.09. The molecule has 0 atom stereocenters. The standard InChI is InChI=1S/C15H14FN3O2/c1-21-14-6-5-12(16)8-13(14)11-4-2-3-10(7-11)9-18-19-15(17)20/h2-9H,1H3,(H3,17,19,20). The summed E-state index contributed by atoms with van der Waals surface area (Å²) in [6.45, 7) is 0. The Morgan fingerprint density at radius 3 is 2.86 bits per heavy atom. The molecule has 2 amide bonds. The Morgan fingerprint density at radius 1 is 1.33 bits per heavy atom. The first kappa shape index (κ1) is 14.5. The molecule has 0 saturated carbocycles. The number of halogens is 1. The molecule has 0 heterocycles. The van der Waals surface area contributed by atoms with Crippen LogP contribution in [0.2, 0.25) is 0 Å². The van der Waals surface area contributed by atoms with Gasteiger partial charge in [-0.2, -0.15) is 5.10 Å². The average Bonchev–Trinajstić information content (AvgIpc) is 2.47. The minimum absolute atomic E-state index is 0.347. The fraction of sp³-hybridized carbons (Fsp3) is 0.0667. The summed E-state index contributed by atoms with van der Waals surface area (Å²) in [7, 11) is 1.53. The maximum Gasteiger partial charge on any atom is 0.332 e. The van der Waals surface area contributed by atoms with Gasteiger partial charge in [-0.3, -0.25) is 0 Å². The summed E-state index contributed by atoms with van der Waals surface area (Å²) >= 11 is 0. The van der Waals surface area contributed by atoms with E-state index in [4.69, 9.17) is 10.5 Å². The van der Waals surface area contributed by atoms with Crippen LogP contribution in [-0.2, 0) is 0 Å². The summed E-state index contributed by atoms with van der Waals surface area (Å²) in [6, 6.07) is 10.8. The fourth-order valence-corrected chi connectivity index (χ4v) is 1.86. The van der Waals surface area contributed by atoms with Gasteiger partial charge in [0.1, 0.15) is 11.6 Å². The molecule has 0 spiro atoms. The third-order valence-corrected chi connectivity index (χ3v) is 2.75. The monoisotopic (exact) mass is 287 g/mol. The number of nitrogens with one attached hydrogen (secondary N) is 1. The highest BCUT2D eigenvalue weighted by atomic mass is 19.1. The lowest BCUT2D eigenvalue weighted by Crippen LogP contribution is -2.24. The summed E-state index contributed by atoms with van der Waals surface area (Å²) in [4.78, 5) is 10.5. The van der Waals surface area contributed by atoms with Gasteiger partial charge in [0.25, 0.3) is 0 Å². The number of nitrogens with zero attached hydrogens (tertiary/aromatic N) is 1. The number of primary amides is 1. The van der Waals surface area contributed by atoms with E-state index in [-0.39, 0.29) is 5.82 Å². The number of hydrogen-bond donors (Lipinski definition) is 2. The fourth-order valence-electron chi connectivity index (χ4n) is 1.86. The molecule has 2 aromatic rings. The molecule has 2 rings (SSSR count). The van der Waals surface area contributed by atoms with E-state index >= 15 is 0 Å². The maximum absolute atomic E-state index is 13.4. The minimum Gasteiger partial charge on any atom is -0.496 e. The van der Waals surface area contributed by atoms with Gasteiger partial charge in [-0.25, -0.2) is 14.6 Å². The smallest absolute Gasteiger partial charge is 0.332 e. The highest BCUT2D eigenvalue weighted by Crippen LogP contribution is 2.30. The van der Waals surface area contributed by atoms with Crippen LogP contribution >= 0.6 is 0 Å². The quantitative estimate of drug-likeness (QED) is 0.669. The van der Waals surface area contributed by atoms with Crippen molar-refractivity contribution in [3.8, 4) is 16.9 Å². The molecule has 0 aliphatic heterocycles. The van der Waals surface area contributed by atoms with Gasteiger partial charge in [-0.15, -0.1) is 0 Å². The number of hydrogen-bond acceptors (Lipinski definition) is 3. The normalized spacial score (nSPS) is 10.6. The third kappa shape index (κ3) is 3.79. The molecule has 0 radical (unpaired) electrons. The van der Waals surface area contributed by atoms with E-state index in [0.29, 0.717) is 11.3 Å². The van der Waals surface area contributed by atoms with Gasteiger partial charge in [-0.1, -0.05) is 18.2 Å². The highest BCUT2D eigenvalue weighted by molar-refractivity contribution is 5.84. The van der Waals surface area contributed by atoms with E-state index < -0.39 is 6.03 Å². The molecule has 0 aliphatic rings. The summed E-state index contributed by atoms with van der Waals surface area (Å²) in [5.74, 6) is 0.223. The predicted molar refractivity (Wildman–Crippen MR) is 78.7 cm³/mol. The molecular weight excluding hydrogens is 273 g/mol. The Kier molecular flexibility index (Phi) is 4.50. The Hall–Kier alpha value is -2.89. The molecule has 0 aliphatic carbocycles. The van der Waals surface area contributed by atoms with Crippen molar-refractivity contribution >= 4 is 12.2 Å². The van der Waals surface area contributed by atoms with Crippen LogP contribution in [0.4, 0.5) is 9.18 Å². The van der Waals surface area contributed by atoms with Crippen molar-refractivity contribution in [2.45, 2.75) is 0 Å². The second-order valence-corrected chi connectivity index (χ2v) is 4.20. The van der Waals surface area contributed by atoms with Crippen molar-refractivity contribution in [3.63, 3.8) is 0 Å². The molecule has 0 fully saturated rings. The molecule has 21 heavy (non-hydrogen) atoms. The van der Waals surface area contributed by atoms with E-state index in [1.54, 1.807) is 24.3 Å². The van der Waals surface area contributed by atoms with Crippen LogP contribution < -0.4 is 15.9 Å². The second kappa shape index (κ2) is 6.51. The molecular formula is C15H14FN3O2. The number of ether oxygens (including phenoxy) is 1. The Balaban J connectivity index is 2.35. The van der Waals surface area contributed by atoms with E-state index in [1.807, 2.05) is 6.07 Å². The number of methoxy groups -OCH3 is 1. The van der Waals surface area contributed by atoms with Gasteiger partial charge in [0.05, 0.1) is 13.3 Å². The number of nitrogens with two attached hydrogens (primary N) is 1. The molecule has 5 nitrogen and oxygen atoms in total. The second-order valence-electron chi connectivity index (χ2n) is 4.20. The predicted octanol–water partition coefficient (Wildman–Crippen LogP) is 2.50. The van der Waals surface area contributed by atoms with E-state index in [0.717, 1.165) is 11.1 Å². The van der Waals surface area contributed by atoms with Crippen molar-refractivity contribution in [1.82, 2.24) is 5.43 Å². The molecule has 108 valence electrons. The summed E-state index contributed by atoms with van der Waals surface area (Å²) in [6.07, 6.45) is 1.44. The molecule has 3 N–H and O–H groups in total. The van der Waals surface area contributed by atoms with Crippen LogP contribution in [0.25, 0.3) is 11.1 Å². The number of carbonyl (C=O) groups is 1. The third-order valence-electron chi connectivity index (χ3n) is 2.75. The molecule has 0 unspecified atom stereocenters. The molecule has 6 heteroatoms. The number of carbonyl (C=O) groups excluding carboxylic acids is 1. The van der Waals surface area contributed by atoms with Gasteiger partial charge < -0.3 is 10.5 Å². The summed E-state index contributed by atoms with van der Waals surface area (Å²) in [5, 5.41) is 3.68.